The molecule has 1 aromatic carbocycles. The van der Waals surface area contributed by atoms with E-state index in [1.807, 2.05) is 0 Å². The molecule has 0 bridgehead atoms. The van der Waals surface area contributed by atoms with Gasteiger partial charge >= 0.3 is 0 Å². The summed E-state index contributed by atoms with van der Waals surface area (Å²) in [6, 6.07) is 4.87. The number of hydrogen-bond acceptors (Lipinski definition) is 4. The maximum atomic E-state index is 11.5. The van der Waals surface area contributed by atoms with Crippen molar-refractivity contribution < 1.29 is 9.72 Å². The highest BCUT2D eigenvalue weighted by Crippen LogP contribution is 2.27. The Labute approximate surface area is 126 Å². The van der Waals surface area contributed by atoms with Crippen molar-refractivity contribution >= 4 is 17.2 Å². The van der Waals surface area contributed by atoms with Gasteiger partial charge in [0.2, 0.25) is 0 Å². The van der Waals surface area contributed by atoms with Crippen LogP contribution in [-0.2, 0) is 0 Å². The quantitative estimate of drug-likeness (QED) is 0.434. The molecule has 5 heteroatoms. The first-order valence-electron chi connectivity index (χ1n) is 7.26. The van der Waals surface area contributed by atoms with E-state index in [-0.39, 0.29) is 17.0 Å². The molecule has 0 fully saturated rings. The fraction of sp³-hybridized carbons (Fsp3) is 0.562. The summed E-state index contributed by atoms with van der Waals surface area (Å²) < 4.78 is 0. The van der Waals surface area contributed by atoms with Crippen LogP contribution in [0.3, 0.4) is 0 Å². The van der Waals surface area contributed by atoms with Crippen molar-refractivity contribution in [3.05, 3.63) is 33.9 Å². The SMILES string of the molecule is CC(=O)c1ccc(N(CC(C)C)CC(C)C)cc1[N+](=O)[O-]. The molecule has 0 N–H and O–H groups in total. The molecule has 0 spiro atoms. The highest BCUT2D eigenvalue weighted by atomic mass is 16.6. The summed E-state index contributed by atoms with van der Waals surface area (Å²) >= 11 is 0. The Morgan fingerprint density at radius 1 is 1.19 bits per heavy atom. The minimum atomic E-state index is -0.483. The number of carbonyl (C=O) groups excluding carboxylic acids is 1. The van der Waals surface area contributed by atoms with E-state index in [0.717, 1.165) is 18.8 Å². The molecule has 21 heavy (non-hydrogen) atoms. The number of nitro groups is 1. The largest absolute Gasteiger partial charge is 0.371 e. The molecule has 0 atom stereocenters. The predicted octanol–water partition coefficient (Wildman–Crippen LogP) is 3.92. The molecule has 0 saturated carbocycles. The zero-order valence-electron chi connectivity index (χ0n) is 13.4. The van der Waals surface area contributed by atoms with Crippen LogP contribution in [0.25, 0.3) is 0 Å². The normalized spacial score (nSPS) is 11.0. The van der Waals surface area contributed by atoms with Crippen molar-refractivity contribution in [1.82, 2.24) is 0 Å². The second-order valence-electron chi connectivity index (χ2n) is 6.21. The Morgan fingerprint density at radius 3 is 2.10 bits per heavy atom. The molecule has 0 unspecified atom stereocenters. The Bertz CT molecular complexity index is 514. The Hall–Kier alpha value is -1.91. The number of hydrogen-bond donors (Lipinski definition) is 0. The van der Waals surface area contributed by atoms with Gasteiger partial charge in [-0.3, -0.25) is 14.9 Å². The van der Waals surface area contributed by atoms with Gasteiger partial charge < -0.3 is 4.90 Å². The lowest BCUT2D eigenvalue weighted by Crippen LogP contribution is -2.31. The van der Waals surface area contributed by atoms with E-state index < -0.39 is 4.92 Å². The number of anilines is 1. The van der Waals surface area contributed by atoms with E-state index in [2.05, 4.69) is 32.6 Å². The summed E-state index contributed by atoms with van der Waals surface area (Å²) in [5.41, 5.74) is 0.851. The maximum Gasteiger partial charge on any atom is 0.282 e. The third kappa shape index (κ3) is 4.85. The van der Waals surface area contributed by atoms with E-state index in [0.29, 0.717) is 11.8 Å². The molecule has 0 radical (unpaired) electrons. The second-order valence-corrected chi connectivity index (χ2v) is 6.21. The Morgan fingerprint density at radius 2 is 1.71 bits per heavy atom. The maximum absolute atomic E-state index is 11.5. The van der Waals surface area contributed by atoms with E-state index in [9.17, 15) is 14.9 Å². The Kier molecular flexibility index (Phi) is 5.88. The molecule has 0 heterocycles. The van der Waals surface area contributed by atoms with E-state index >= 15 is 0 Å². The molecule has 0 aliphatic rings. The molecule has 0 aliphatic carbocycles. The third-order valence-corrected chi connectivity index (χ3v) is 3.09. The van der Waals surface area contributed by atoms with Crippen LogP contribution in [0.4, 0.5) is 11.4 Å². The van der Waals surface area contributed by atoms with Crippen molar-refractivity contribution in [2.75, 3.05) is 18.0 Å². The molecule has 0 aliphatic heterocycles. The number of ketones is 1. The zero-order valence-corrected chi connectivity index (χ0v) is 13.4. The molecule has 5 nitrogen and oxygen atoms in total. The van der Waals surface area contributed by atoms with Crippen molar-refractivity contribution in [2.45, 2.75) is 34.6 Å². The lowest BCUT2D eigenvalue weighted by Gasteiger charge is -2.28. The average molecular weight is 292 g/mol. The molecule has 0 saturated heterocycles. The number of nitrogens with zero attached hydrogens (tertiary/aromatic N) is 2. The van der Waals surface area contributed by atoms with Crippen LogP contribution in [0.15, 0.2) is 18.2 Å². The van der Waals surface area contributed by atoms with Gasteiger partial charge in [-0.05, 0) is 30.9 Å². The summed E-state index contributed by atoms with van der Waals surface area (Å²) in [6.07, 6.45) is 0. The van der Waals surface area contributed by atoms with Gasteiger partial charge in [0.1, 0.15) is 0 Å². The van der Waals surface area contributed by atoms with Gasteiger partial charge in [0.05, 0.1) is 10.5 Å². The van der Waals surface area contributed by atoms with Crippen LogP contribution in [0.5, 0.6) is 0 Å². The molecule has 0 amide bonds. The van der Waals surface area contributed by atoms with Crippen molar-refractivity contribution in [3.8, 4) is 0 Å². The van der Waals surface area contributed by atoms with Crippen LogP contribution >= 0.6 is 0 Å². The van der Waals surface area contributed by atoms with Crippen LogP contribution in [-0.4, -0.2) is 23.8 Å². The van der Waals surface area contributed by atoms with Crippen LogP contribution in [0.1, 0.15) is 45.0 Å². The topological polar surface area (TPSA) is 63.5 Å². The number of carbonyl (C=O) groups is 1. The van der Waals surface area contributed by atoms with E-state index in [1.165, 1.54) is 13.0 Å². The van der Waals surface area contributed by atoms with Gasteiger partial charge in [0.25, 0.3) is 5.69 Å². The minimum Gasteiger partial charge on any atom is -0.371 e. The summed E-state index contributed by atoms with van der Waals surface area (Å²) in [7, 11) is 0. The summed E-state index contributed by atoms with van der Waals surface area (Å²) in [5, 5.41) is 11.2. The van der Waals surface area contributed by atoms with Crippen molar-refractivity contribution in [1.29, 1.82) is 0 Å². The van der Waals surface area contributed by atoms with Crippen LogP contribution in [0, 0.1) is 22.0 Å². The lowest BCUT2D eigenvalue weighted by atomic mass is 10.1. The molecule has 1 aromatic rings. The van der Waals surface area contributed by atoms with Crippen LogP contribution in [0.2, 0.25) is 0 Å². The molecule has 0 aromatic heterocycles. The standard InChI is InChI=1S/C16H24N2O3/c1-11(2)9-17(10-12(3)4)14-6-7-15(13(5)19)16(8-14)18(20)21/h6-8,11-12H,9-10H2,1-5H3. The zero-order chi connectivity index (χ0) is 16.2. The number of benzene rings is 1. The van der Waals surface area contributed by atoms with Crippen LogP contribution < -0.4 is 4.90 Å². The number of Topliss-reactive ketones (excluding diaryl/α,β-unsaturated/α-hetero) is 1. The summed E-state index contributed by atoms with van der Waals surface area (Å²) in [6.45, 7) is 11.5. The van der Waals surface area contributed by atoms with Gasteiger partial charge in [-0.1, -0.05) is 27.7 Å². The highest BCUT2D eigenvalue weighted by molar-refractivity contribution is 5.98. The van der Waals surface area contributed by atoms with Gasteiger partial charge in [0, 0.05) is 24.8 Å². The van der Waals surface area contributed by atoms with Crippen molar-refractivity contribution in [2.24, 2.45) is 11.8 Å². The summed E-state index contributed by atoms with van der Waals surface area (Å²) in [4.78, 5) is 24.3. The monoisotopic (exact) mass is 292 g/mol. The highest BCUT2D eigenvalue weighted by Gasteiger charge is 2.20. The van der Waals surface area contributed by atoms with Gasteiger partial charge in [-0.2, -0.15) is 0 Å². The lowest BCUT2D eigenvalue weighted by molar-refractivity contribution is -0.385. The van der Waals surface area contributed by atoms with Gasteiger partial charge in [0.15, 0.2) is 5.78 Å². The fourth-order valence-electron chi connectivity index (χ4n) is 2.33. The molecule has 116 valence electrons. The molecule has 1 rings (SSSR count). The first-order valence-corrected chi connectivity index (χ1v) is 7.26. The fourth-order valence-corrected chi connectivity index (χ4v) is 2.33. The van der Waals surface area contributed by atoms with Gasteiger partial charge in [-0.25, -0.2) is 0 Å². The van der Waals surface area contributed by atoms with Crippen molar-refractivity contribution in [3.63, 3.8) is 0 Å². The molecular weight excluding hydrogens is 268 g/mol. The van der Waals surface area contributed by atoms with Gasteiger partial charge in [-0.15, -0.1) is 0 Å². The predicted molar refractivity (Wildman–Crippen MR) is 85.0 cm³/mol. The number of nitro benzene ring substituents is 1. The second kappa shape index (κ2) is 7.20. The first-order chi connectivity index (χ1) is 9.72. The van der Waals surface area contributed by atoms with E-state index in [4.69, 9.17) is 0 Å². The molecular formula is C16H24N2O3. The average Bonchev–Trinajstić information content (AvgIpc) is 2.35. The third-order valence-electron chi connectivity index (χ3n) is 3.09. The minimum absolute atomic E-state index is 0.113. The van der Waals surface area contributed by atoms with E-state index in [1.54, 1.807) is 12.1 Å². The first kappa shape index (κ1) is 17.1. The Balaban J connectivity index is 3.22. The number of rotatable bonds is 7. The summed E-state index contributed by atoms with van der Waals surface area (Å²) in [5.74, 6) is 0.623. The smallest absolute Gasteiger partial charge is 0.282 e.